The summed E-state index contributed by atoms with van der Waals surface area (Å²) in [7, 11) is -3.14. The molecule has 1 fully saturated rings. The smallest absolute Gasteiger partial charge is 0.365 e. The van der Waals surface area contributed by atoms with Crippen LogP contribution in [0.3, 0.4) is 0 Å². The van der Waals surface area contributed by atoms with Crippen molar-refractivity contribution in [2.75, 3.05) is 6.61 Å². The normalized spacial score (nSPS) is 27.9. The summed E-state index contributed by atoms with van der Waals surface area (Å²) >= 11 is 0. The van der Waals surface area contributed by atoms with E-state index in [0.717, 1.165) is 0 Å². The number of halogens is 6. The van der Waals surface area contributed by atoms with E-state index in [9.17, 15) is 30.6 Å². The highest BCUT2D eigenvalue weighted by Crippen LogP contribution is 2.57. The van der Waals surface area contributed by atoms with Gasteiger partial charge in [0.25, 0.3) is 0 Å². The molecule has 9 heteroatoms. The molecule has 1 heterocycles. The molecule has 108 valence electrons. The molecule has 0 aromatic heterocycles. The molecule has 1 rings (SSSR count). The van der Waals surface area contributed by atoms with Crippen LogP contribution in [0.2, 0.25) is 0 Å². The minimum atomic E-state index is -5.58. The number of hydrogen-bond donors (Lipinski definition) is 0. The van der Waals surface area contributed by atoms with Gasteiger partial charge in [-0.05, 0) is 6.42 Å². The van der Waals surface area contributed by atoms with Gasteiger partial charge in [0.05, 0.1) is 10.8 Å². The molecule has 1 aliphatic heterocycles. The Morgan fingerprint density at radius 1 is 1.22 bits per heavy atom. The minimum Gasteiger partial charge on any atom is -0.365 e. The molecular formula is C9H12F6O2S. The summed E-state index contributed by atoms with van der Waals surface area (Å²) in [6.07, 6.45) is -11.3. The molecule has 0 amide bonds. The van der Waals surface area contributed by atoms with Gasteiger partial charge in [0.1, 0.15) is 5.44 Å². The third-order valence-corrected chi connectivity index (χ3v) is 4.85. The maximum atomic E-state index is 12.5. The second kappa shape index (κ2) is 4.99. The van der Waals surface area contributed by atoms with Gasteiger partial charge in [0, 0.05) is 13.0 Å². The Hall–Kier alpha value is -0.310. The summed E-state index contributed by atoms with van der Waals surface area (Å²) in [5.41, 5.74) is -1.49. The zero-order valence-electron chi connectivity index (χ0n) is 9.40. The SMILES string of the molecule is CCCCOC1CC(C(F)(F)F)(C(F)(F)F)S1=O. The van der Waals surface area contributed by atoms with Gasteiger partial charge < -0.3 is 4.74 Å². The lowest BCUT2D eigenvalue weighted by molar-refractivity contribution is -0.279. The third-order valence-electron chi connectivity index (χ3n) is 2.75. The van der Waals surface area contributed by atoms with E-state index in [1.165, 1.54) is 0 Å². The van der Waals surface area contributed by atoms with Gasteiger partial charge in [0.2, 0.25) is 4.75 Å². The van der Waals surface area contributed by atoms with Gasteiger partial charge in [-0.3, -0.25) is 4.21 Å². The summed E-state index contributed by atoms with van der Waals surface area (Å²) in [6, 6.07) is 0. The molecule has 0 radical (unpaired) electrons. The Kier molecular flexibility index (Phi) is 4.37. The van der Waals surface area contributed by atoms with Crippen LogP contribution in [-0.4, -0.2) is 33.4 Å². The molecule has 0 saturated carbocycles. The van der Waals surface area contributed by atoms with Crippen molar-refractivity contribution in [2.45, 2.75) is 48.7 Å². The second-order valence-corrected chi connectivity index (χ2v) is 5.80. The number of rotatable bonds is 4. The van der Waals surface area contributed by atoms with E-state index in [1.807, 2.05) is 0 Å². The highest BCUT2D eigenvalue weighted by atomic mass is 32.2. The van der Waals surface area contributed by atoms with E-state index >= 15 is 0 Å². The van der Waals surface area contributed by atoms with Crippen LogP contribution in [0, 0.1) is 0 Å². The van der Waals surface area contributed by atoms with Crippen molar-refractivity contribution in [2.24, 2.45) is 0 Å². The van der Waals surface area contributed by atoms with E-state index in [1.54, 1.807) is 6.92 Å². The fourth-order valence-electron chi connectivity index (χ4n) is 1.62. The Morgan fingerprint density at radius 3 is 2.06 bits per heavy atom. The lowest BCUT2D eigenvalue weighted by atomic mass is 10.0. The quantitative estimate of drug-likeness (QED) is 0.589. The van der Waals surface area contributed by atoms with Gasteiger partial charge in [0.15, 0.2) is 0 Å². The van der Waals surface area contributed by atoms with Crippen molar-refractivity contribution < 1.29 is 35.3 Å². The zero-order chi connectivity index (χ0) is 14.2. The molecule has 18 heavy (non-hydrogen) atoms. The first-order valence-electron chi connectivity index (χ1n) is 5.23. The van der Waals surface area contributed by atoms with Crippen LogP contribution < -0.4 is 0 Å². The first-order valence-corrected chi connectivity index (χ1v) is 6.45. The van der Waals surface area contributed by atoms with Gasteiger partial charge in [-0.1, -0.05) is 13.3 Å². The summed E-state index contributed by atoms with van der Waals surface area (Å²) in [4.78, 5) is 0. The molecule has 2 atom stereocenters. The van der Waals surface area contributed by atoms with E-state index in [2.05, 4.69) is 0 Å². The summed E-state index contributed by atoms with van der Waals surface area (Å²) in [5, 5.41) is 0. The first-order chi connectivity index (χ1) is 8.08. The number of alkyl halides is 6. The van der Waals surface area contributed by atoms with Crippen LogP contribution in [0.1, 0.15) is 26.2 Å². The summed E-state index contributed by atoms with van der Waals surface area (Å²) in [6.45, 7) is 1.80. The maximum absolute atomic E-state index is 12.5. The van der Waals surface area contributed by atoms with Crippen LogP contribution >= 0.6 is 0 Å². The Bertz CT molecular complexity index is 310. The van der Waals surface area contributed by atoms with Crippen LogP contribution in [0.5, 0.6) is 0 Å². The van der Waals surface area contributed by atoms with Gasteiger partial charge in [-0.2, -0.15) is 26.3 Å². The highest BCUT2D eigenvalue weighted by molar-refractivity contribution is 7.88. The van der Waals surface area contributed by atoms with Gasteiger partial charge in [-0.15, -0.1) is 0 Å². The van der Waals surface area contributed by atoms with Crippen molar-refractivity contribution in [3.8, 4) is 0 Å². The molecule has 1 saturated heterocycles. The lowest BCUT2D eigenvalue weighted by Gasteiger charge is -2.47. The van der Waals surface area contributed by atoms with Crippen molar-refractivity contribution in [1.29, 1.82) is 0 Å². The molecule has 0 aliphatic carbocycles. The van der Waals surface area contributed by atoms with Gasteiger partial charge >= 0.3 is 12.4 Å². The zero-order valence-corrected chi connectivity index (χ0v) is 10.2. The number of ether oxygens (including phenoxy) is 1. The summed E-state index contributed by atoms with van der Waals surface area (Å²) < 4.78 is 86.9. The third kappa shape index (κ3) is 2.38. The average Bonchev–Trinajstić information content (AvgIpc) is 2.17. The topological polar surface area (TPSA) is 26.3 Å². The molecule has 2 unspecified atom stereocenters. The molecule has 0 bridgehead atoms. The van der Waals surface area contributed by atoms with Crippen molar-refractivity contribution in [1.82, 2.24) is 0 Å². The summed E-state index contributed by atoms with van der Waals surface area (Å²) in [5.74, 6) is 0. The molecule has 2 nitrogen and oxygen atoms in total. The highest BCUT2D eigenvalue weighted by Gasteiger charge is 2.81. The van der Waals surface area contributed by atoms with E-state index in [4.69, 9.17) is 4.74 Å². The average molecular weight is 298 g/mol. The number of unbranched alkanes of at least 4 members (excludes halogenated alkanes) is 1. The van der Waals surface area contributed by atoms with Crippen molar-refractivity contribution >= 4 is 10.8 Å². The molecule has 0 aromatic rings. The largest absolute Gasteiger partial charge is 0.414 e. The predicted octanol–water partition coefficient (Wildman–Crippen LogP) is 3.15. The standard InChI is InChI=1S/C9H12F6O2S/c1-2-3-4-17-6-5-7(18(6)16,8(10,11)12)9(13,14)15/h6H,2-5H2,1H3. The molecule has 0 spiro atoms. The van der Waals surface area contributed by atoms with E-state index < -0.39 is 39.8 Å². The maximum Gasteiger partial charge on any atom is 0.414 e. The molecule has 0 N–H and O–H groups in total. The van der Waals surface area contributed by atoms with Crippen LogP contribution in [0.25, 0.3) is 0 Å². The van der Waals surface area contributed by atoms with Crippen molar-refractivity contribution in [3.05, 3.63) is 0 Å². The van der Waals surface area contributed by atoms with Crippen LogP contribution in [0.15, 0.2) is 0 Å². The molecule has 1 aliphatic rings. The van der Waals surface area contributed by atoms with Crippen molar-refractivity contribution in [3.63, 3.8) is 0 Å². The molecule has 0 aromatic carbocycles. The lowest BCUT2D eigenvalue weighted by Crippen LogP contribution is -2.70. The second-order valence-electron chi connectivity index (χ2n) is 3.98. The number of hydrogen-bond acceptors (Lipinski definition) is 2. The van der Waals surface area contributed by atoms with E-state index in [-0.39, 0.29) is 6.61 Å². The molecular weight excluding hydrogens is 286 g/mol. The Balaban J connectivity index is 2.79. The fourth-order valence-corrected chi connectivity index (χ4v) is 3.16. The minimum absolute atomic E-state index is 0.0126. The first kappa shape index (κ1) is 15.7. The monoisotopic (exact) mass is 298 g/mol. The van der Waals surface area contributed by atoms with E-state index in [0.29, 0.717) is 12.8 Å². The van der Waals surface area contributed by atoms with Crippen LogP contribution in [0.4, 0.5) is 26.3 Å². The van der Waals surface area contributed by atoms with Gasteiger partial charge in [-0.25, -0.2) is 0 Å². The van der Waals surface area contributed by atoms with Crippen LogP contribution in [-0.2, 0) is 15.5 Å². The Morgan fingerprint density at radius 2 is 1.72 bits per heavy atom. The Labute approximate surface area is 102 Å². The predicted molar refractivity (Wildman–Crippen MR) is 52.2 cm³/mol. The fraction of sp³-hybridized carbons (Fsp3) is 1.00.